The summed E-state index contributed by atoms with van der Waals surface area (Å²) in [5.74, 6) is 0. The third kappa shape index (κ3) is 2.61. The molecule has 1 saturated heterocycles. The highest BCUT2D eigenvalue weighted by molar-refractivity contribution is 5.59. The minimum absolute atomic E-state index is 0.604. The van der Waals surface area contributed by atoms with Crippen LogP contribution in [0.2, 0.25) is 0 Å². The van der Waals surface area contributed by atoms with Crippen LogP contribution >= 0.6 is 0 Å². The third-order valence-electron chi connectivity index (χ3n) is 3.68. The second-order valence-electron chi connectivity index (χ2n) is 4.73. The number of anilines is 1. The molecule has 1 aliphatic heterocycles. The minimum atomic E-state index is 0.604. The summed E-state index contributed by atoms with van der Waals surface area (Å²) in [6, 6.07) is 10.9. The SMILES string of the molecule is CCC1CCCCCN1c1ccccc1C#N. The summed E-state index contributed by atoms with van der Waals surface area (Å²) >= 11 is 0. The molecular weight excluding hydrogens is 208 g/mol. The van der Waals surface area contributed by atoms with Gasteiger partial charge in [-0.25, -0.2) is 0 Å². The fourth-order valence-corrected chi connectivity index (χ4v) is 2.74. The van der Waals surface area contributed by atoms with Crippen LogP contribution in [0.1, 0.15) is 44.6 Å². The van der Waals surface area contributed by atoms with Gasteiger partial charge in [0, 0.05) is 12.6 Å². The normalized spacial score (nSPS) is 20.7. The Morgan fingerprint density at radius 2 is 2.12 bits per heavy atom. The van der Waals surface area contributed by atoms with Crippen LogP contribution in [0.5, 0.6) is 0 Å². The lowest BCUT2D eigenvalue weighted by Crippen LogP contribution is -2.34. The first kappa shape index (κ1) is 12.0. The number of benzene rings is 1. The largest absolute Gasteiger partial charge is 0.367 e. The van der Waals surface area contributed by atoms with Gasteiger partial charge < -0.3 is 4.90 Å². The molecule has 90 valence electrons. The molecule has 0 radical (unpaired) electrons. The molecule has 2 nitrogen and oxygen atoms in total. The van der Waals surface area contributed by atoms with Crippen molar-refractivity contribution in [3.8, 4) is 6.07 Å². The average Bonchev–Trinajstić information content (AvgIpc) is 2.63. The Morgan fingerprint density at radius 3 is 2.88 bits per heavy atom. The van der Waals surface area contributed by atoms with Gasteiger partial charge in [0.05, 0.1) is 11.3 Å². The Hall–Kier alpha value is -1.49. The number of hydrogen-bond donors (Lipinski definition) is 0. The van der Waals surface area contributed by atoms with E-state index in [4.69, 9.17) is 0 Å². The number of nitrogens with zero attached hydrogens (tertiary/aromatic N) is 2. The first-order valence-electron chi connectivity index (χ1n) is 6.62. The highest BCUT2D eigenvalue weighted by Crippen LogP contribution is 2.28. The molecule has 0 saturated carbocycles. The van der Waals surface area contributed by atoms with Gasteiger partial charge in [0.2, 0.25) is 0 Å². The maximum Gasteiger partial charge on any atom is 0.101 e. The van der Waals surface area contributed by atoms with Crippen LogP contribution < -0.4 is 4.90 Å². The van der Waals surface area contributed by atoms with Gasteiger partial charge in [-0.05, 0) is 31.4 Å². The molecule has 1 heterocycles. The smallest absolute Gasteiger partial charge is 0.101 e. The molecule has 1 atom stereocenters. The zero-order valence-corrected chi connectivity index (χ0v) is 10.5. The summed E-state index contributed by atoms with van der Waals surface area (Å²) < 4.78 is 0. The van der Waals surface area contributed by atoms with E-state index < -0.39 is 0 Å². The Balaban J connectivity index is 2.32. The van der Waals surface area contributed by atoms with Gasteiger partial charge in [-0.1, -0.05) is 31.9 Å². The highest BCUT2D eigenvalue weighted by atomic mass is 15.2. The second-order valence-corrected chi connectivity index (χ2v) is 4.73. The van der Waals surface area contributed by atoms with Crippen LogP contribution in [-0.2, 0) is 0 Å². The van der Waals surface area contributed by atoms with Crippen molar-refractivity contribution in [2.24, 2.45) is 0 Å². The highest BCUT2D eigenvalue weighted by Gasteiger charge is 2.21. The summed E-state index contributed by atoms with van der Waals surface area (Å²) in [5.41, 5.74) is 1.94. The Labute approximate surface area is 104 Å². The lowest BCUT2D eigenvalue weighted by atomic mass is 10.1. The van der Waals surface area contributed by atoms with Crippen molar-refractivity contribution < 1.29 is 0 Å². The molecule has 17 heavy (non-hydrogen) atoms. The summed E-state index contributed by atoms with van der Waals surface area (Å²) in [5, 5.41) is 9.20. The van der Waals surface area contributed by atoms with Crippen LogP contribution in [0.15, 0.2) is 24.3 Å². The second kappa shape index (κ2) is 5.72. The number of nitriles is 1. The van der Waals surface area contributed by atoms with E-state index in [1.807, 2.05) is 18.2 Å². The van der Waals surface area contributed by atoms with Gasteiger partial charge in [0.25, 0.3) is 0 Å². The van der Waals surface area contributed by atoms with Gasteiger partial charge in [0.15, 0.2) is 0 Å². The molecule has 2 heteroatoms. The summed E-state index contributed by atoms with van der Waals surface area (Å²) in [6.45, 7) is 3.34. The lowest BCUT2D eigenvalue weighted by Gasteiger charge is -2.32. The molecular formula is C15H20N2. The zero-order chi connectivity index (χ0) is 12.1. The molecule has 0 aliphatic carbocycles. The third-order valence-corrected chi connectivity index (χ3v) is 3.68. The molecule has 1 fully saturated rings. The first-order chi connectivity index (χ1) is 8.36. The van der Waals surface area contributed by atoms with E-state index in [-0.39, 0.29) is 0 Å². The van der Waals surface area contributed by atoms with Crippen LogP contribution in [-0.4, -0.2) is 12.6 Å². The Bertz CT molecular complexity index is 406. The van der Waals surface area contributed by atoms with Crippen molar-refractivity contribution in [1.82, 2.24) is 0 Å². The molecule has 1 unspecified atom stereocenters. The van der Waals surface area contributed by atoms with Gasteiger partial charge in [-0.3, -0.25) is 0 Å². The molecule has 1 aromatic carbocycles. The van der Waals surface area contributed by atoms with E-state index in [0.29, 0.717) is 6.04 Å². The molecule has 0 aromatic heterocycles. The summed E-state index contributed by atoms with van der Waals surface area (Å²) in [4.78, 5) is 2.45. The predicted octanol–water partition coefficient (Wildman–Crippen LogP) is 3.72. The van der Waals surface area contributed by atoms with Gasteiger partial charge in [-0.15, -0.1) is 0 Å². The maximum atomic E-state index is 9.20. The molecule has 0 spiro atoms. The molecule has 0 amide bonds. The summed E-state index contributed by atoms with van der Waals surface area (Å²) in [7, 11) is 0. The van der Waals surface area contributed by atoms with Gasteiger partial charge in [-0.2, -0.15) is 5.26 Å². The van der Waals surface area contributed by atoms with Crippen LogP contribution in [0.4, 0.5) is 5.69 Å². The molecule has 2 rings (SSSR count). The van der Waals surface area contributed by atoms with Crippen molar-refractivity contribution in [1.29, 1.82) is 5.26 Å². The molecule has 0 N–H and O–H groups in total. The van der Waals surface area contributed by atoms with Crippen molar-refractivity contribution in [3.05, 3.63) is 29.8 Å². The molecule has 0 bridgehead atoms. The van der Waals surface area contributed by atoms with Crippen LogP contribution in [0.3, 0.4) is 0 Å². The fourth-order valence-electron chi connectivity index (χ4n) is 2.74. The Morgan fingerprint density at radius 1 is 1.29 bits per heavy atom. The lowest BCUT2D eigenvalue weighted by molar-refractivity contribution is 0.556. The number of hydrogen-bond acceptors (Lipinski definition) is 2. The molecule has 1 aromatic rings. The van der Waals surface area contributed by atoms with Crippen LogP contribution in [0.25, 0.3) is 0 Å². The minimum Gasteiger partial charge on any atom is -0.367 e. The van der Waals surface area contributed by atoms with Crippen LogP contribution in [0, 0.1) is 11.3 Å². The predicted molar refractivity (Wildman–Crippen MR) is 71.1 cm³/mol. The summed E-state index contributed by atoms with van der Waals surface area (Å²) in [6.07, 6.45) is 6.32. The maximum absolute atomic E-state index is 9.20. The van der Waals surface area contributed by atoms with Crippen molar-refractivity contribution in [3.63, 3.8) is 0 Å². The zero-order valence-electron chi connectivity index (χ0n) is 10.5. The van der Waals surface area contributed by atoms with Crippen molar-refractivity contribution >= 4 is 5.69 Å². The molecule has 1 aliphatic rings. The van der Waals surface area contributed by atoms with Gasteiger partial charge >= 0.3 is 0 Å². The Kier molecular flexibility index (Phi) is 4.03. The van der Waals surface area contributed by atoms with E-state index in [0.717, 1.165) is 17.8 Å². The fraction of sp³-hybridized carbons (Fsp3) is 0.533. The van der Waals surface area contributed by atoms with E-state index in [2.05, 4.69) is 24.0 Å². The van der Waals surface area contributed by atoms with Gasteiger partial charge in [0.1, 0.15) is 6.07 Å². The topological polar surface area (TPSA) is 27.0 Å². The van der Waals surface area contributed by atoms with E-state index in [9.17, 15) is 5.26 Å². The van der Waals surface area contributed by atoms with Crippen molar-refractivity contribution in [2.45, 2.75) is 45.1 Å². The van der Waals surface area contributed by atoms with E-state index >= 15 is 0 Å². The van der Waals surface area contributed by atoms with Crippen molar-refractivity contribution in [2.75, 3.05) is 11.4 Å². The number of para-hydroxylation sites is 1. The first-order valence-corrected chi connectivity index (χ1v) is 6.62. The average molecular weight is 228 g/mol. The number of rotatable bonds is 2. The standard InChI is InChI=1S/C15H20N2/c1-2-14-9-4-3-7-11-17(14)15-10-6-5-8-13(15)12-16/h5-6,8,10,14H,2-4,7,9,11H2,1H3. The monoisotopic (exact) mass is 228 g/mol. The quantitative estimate of drug-likeness (QED) is 0.771. The van der Waals surface area contributed by atoms with E-state index in [1.54, 1.807) is 0 Å². The van der Waals surface area contributed by atoms with E-state index in [1.165, 1.54) is 32.1 Å².